The van der Waals surface area contributed by atoms with Gasteiger partial charge in [-0.05, 0) is 25.8 Å². The normalized spacial score (nSPS) is 11.7. The molecule has 0 aliphatic heterocycles. The van der Waals surface area contributed by atoms with Crippen LogP contribution in [0.5, 0.6) is 0 Å². The second kappa shape index (κ2) is 7.54. The molecule has 0 unspecified atom stereocenters. The molecule has 0 spiro atoms. The molecule has 0 atom stereocenters. The zero-order valence-electron chi connectivity index (χ0n) is 11.2. The topological polar surface area (TPSA) is 35.5 Å². The van der Waals surface area contributed by atoms with Crippen LogP contribution < -0.4 is 0 Å². The fourth-order valence-electron chi connectivity index (χ4n) is 1.71. The van der Waals surface area contributed by atoms with Crippen molar-refractivity contribution in [3.05, 3.63) is 47.2 Å². The van der Waals surface area contributed by atoms with Gasteiger partial charge in [0.1, 0.15) is 5.76 Å². The summed E-state index contributed by atoms with van der Waals surface area (Å²) in [5.41, 5.74) is 1.78. The van der Waals surface area contributed by atoms with Crippen LogP contribution in [-0.2, 0) is 20.7 Å². The quantitative estimate of drug-likeness (QED) is 0.441. The largest absolute Gasteiger partial charge is 0.498 e. The molecule has 0 saturated heterocycles. The second-order valence-electron chi connectivity index (χ2n) is 3.96. The van der Waals surface area contributed by atoms with Crippen LogP contribution in [0.4, 0.5) is 0 Å². The molecule has 0 saturated carbocycles. The smallest absolute Gasteiger partial charge is 0.336 e. The zero-order valence-corrected chi connectivity index (χ0v) is 11.2. The molecule has 0 N–H and O–H groups in total. The first-order valence-electron chi connectivity index (χ1n) is 6.13. The van der Waals surface area contributed by atoms with Crippen LogP contribution in [0.3, 0.4) is 0 Å². The number of esters is 1. The highest BCUT2D eigenvalue weighted by molar-refractivity contribution is 5.88. The van der Waals surface area contributed by atoms with E-state index in [1.165, 1.54) is 12.7 Å². The van der Waals surface area contributed by atoms with E-state index in [-0.39, 0.29) is 5.97 Å². The van der Waals surface area contributed by atoms with Gasteiger partial charge in [0.25, 0.3) is 0 Å². The van der Waals surface area contributed by atoms with Gasteiger partial charge < -0.3 is 9.47 Å². The Morgan fingerprint density at radius 2 is 1.89 bits per heavy atom. The van der Waals surface area contributed by atoms with Gasteiger partial charge >= 0.3 is 5.97 Å². The van der Waals surface area contributed by atoms with Crippen molar-refractivity contribution in [3.8, 4) is 0 Å². The highest BCUT2D eigenvalue weighted by atomic mass is 16.5. The molecule has 1 aromatic carbocycles. The Kier molecular flexibility index (Phi) is 5.98. The van der Waals surface area contributed by atoms with E-state index in [4.69, 9.17) is 9.47 Å². The number of aryl methyl sites for hydroxylation is 1. The van der Waals surface area contributed by atoms with Crippen LogP contribution >= 0.6 is 0 Å². The van der Waals surface area contributed by atoms with E-state index in [1.54, 1.807) is 6.92 Å². The summed E-state index contributed by atoms with van der Waals surface area (Å²) in [4.78, 5) is 11.5. The minimum absolute atomic E-state index is 0.327. The van der Waals surface area contributed by atoms with Crippen LogP contribution in [-0.4, -0.2) is 19.7 Å². The fourth-order valence-corrected chi connectivity index (χ4v) is 1.71. The van der Waals surface area contributed by atoms with Gasteiger partial charge in [-0.2, -0.15) is 0 Å². The average Bonchev–Trinajstić information content (AvgIpc) is 2.43. The summed E-state index contributed by atoms with van der Waals surface area (Å²) >= 11 is 0. The average molecular weight is 248 g/mol. The van der Waals surface area contributed by atoms with Crippen molar-refractivity contribution in [3.63, 3.8) is 0 Å². The number of allylic oxidation sites excluding steroid dienone is 1. The molecule has 0 radical (unpaired) electrons. The Hall–Kier alpha value is -1.77. The summed E-state index contributed by atoms with van der Waals surface area (Å²) in [6.45, 7) is 4.20. The molecule has 0 aliphatic carbocycles. The number of benzene rings is 1. The Morgan fingerprint density at radius 1 is 1.22 bits per heavy atom. The predicted octanol–water partition coefficient (Wildman–Crippen LogP) is 3.10. The molecule has 0 aliphatic rings. The maximum atomic E-state index is 11.5. The van der Waals surface area contributed by atoms with E-state index in [1.807, 2.05) is 25.1 Å². The number of carbonyl (C=O) groups excluding carboxylic acids is 1. The Labute approximate surface area is 108 Å². The van der Waals surface area contributed by atoms with Gasteiger partial charge in [0.2, 0.25) is 0 Å². The van der Waals surface area contributed by atoms with Crippen LogP contribution in [0.1, 0.15) is 25.8 Å². The maximum absolute atomic E-state index is 11.5. The molecule has 0 amide bonds. The maximum Gasteiger partial charge on any atom is 0.336 e. The van der Waals surface area contributed by atoms with Crippen molar-refractivity contribution < 1.29 is 14.3 Å². The number of methoxy groups -OCH3 is 1. The molecule has 0 bridgehead atoms. The highest BCUT2D eigenvalue weighted by Gasteiger charge is 2.12. The third-order valence-electron chi connectivity index (χ3n) is 2.71. The lowest BCUT2D eigenvalue weighted by Gasteiger charge is -2.12. The summed E-state index contributed by atoms with van der Waals surface area (Å²) < 4.78 is 10.2. The first-order valence-corrected chi connectivity index (χ1v) is 6.13. The summed E-state index contributed by atoms with van der Waals surface area (Å²) in [5.74, 6) is 0.389. The Bertz CT molecular complexity index is 407. The van der Waals surface area contributed by atoms with Crippen LogP contribution in [0.15, 0.2) is 41.7 Å². The van der Waals surface area contributed by atoms with Gasteiger partial charge in [0.05, 0.1) is 19.3 Å². The van der Waals surface area contributed by atoms with E-state index >= 15 is 0 Å². The van der Waals surface area contributed by atoms with E-state index in [0.717, 1.165) is 6.42 Å². The predicted molar refractivity (Wildman–Crippen MR) is 71.1 cm³/mol. The summed E-state index contributed by atoms with van der Waals surface area (Å²) in [6.07, 6.45) is 1.56. The molecule has 0 fully saturated rings. The third-order valence-corrected chi connectivity index (χ3v) is 2.71. The number of hydrogen-bond donors (Lipinski definition) is 0. The lowest BCUT2D eigenvalue weighted by atomic mass is 10.1. The molecule has 1 aromatic rings. The SMILES string of the molecule is CCO/C(CCc1ccccc1)=C(\C)C(=O)OC. The molecule has 3 nitrogen and oxygen atoms in total. The van der Waals surface area contributed by atoms with Crippen LogP contribution in [0.2, 0.25) is 0 Å². The van der Waals surface area contributed by atoms with Crippen molar-refractivity contribution >= 4 is 5.97 Å². The van der Waals surface area contributed by atoms with Crippen molar-refractivity contribution in [1.29, 1.82) is 0 Å². The lowest BCUT2D eigenvalue weighted by Crippen LogP contribution is -2.08. The number of carbonyl (C=O) groups is 1. The van der Waals surface area contributed by atoms with E-state index < -0.39 is 0 Å². The number of ether oxygens (including phenoxy) is 2. The van der Waals surface area contributed by atoms with Gasteiger partial charge in [-0.15, -0.1) is 0 Å². The summed E-state index contributed by atoms with van der Waals surface area (Å²) in [7, 11) is 1.38. The van der Waals surface area contributed by atoms with Crippen molar-refractivity contribution in [2.24, 2.45) is 0 Å². The minimum Gasteiger partial charge on any atom is -0.498 e. The zero-order chi connectivity index (χ0) is 13.4. The molecule has 98 valence electrons. The highest BCUT2D eigenvalue weighted by Crippen LogP contribution is 2.15. The first kappa shape index (κ1) is 14.3. The first-order chi connectivity index (χ1) is 8.69. The van der Waals surface area contributed by atoms with Crippen LogP contribution in [0, 0.1) is 0 Å². The van der Waals surface area contributed by atoms with E-state index in [9.17, 15) is 4.79 Å². The Morgan fingerprint density at radius 3 is 2.44 bits per heavy atom. The molecule has 1 rings (SSSR count). The van der Waals surface area contributed by atoms with Gasteiger partial charge in [-0.1, -0.05) is 30.3 Å². The number of hydrogen-bond acceptors (Lipinski definition) is 3. The molecule has 0 aromatic heterocycles. The van der Waals surface area contributed by atoms with Gasteiger partial charge in [0.15, 0.2) is 0 Å². The van der Waals surface area contributed by atoms with Gasteiger partial charge in [-0.25, -0.2) is 4.79 Å². The monoisotopic (exact) mass is 248 g/mol. The lowest BCUT2D eigenvalue weighted by molar-refractivity contribution is -0.136. The summed E-state index contributed by atoms with van der Waals surface area (Å²) in [5, 5.41) is 0. The molecule has 0 heterocycles. The van der Waals surface area contributed by atoms with E-state index in [0.29, 0.717) is 24.4 Å². The molecular weight excluding hydrogens is 228 g/mol. The van der Waals surface area contributed by atoms with Crippen molar-refractivity contribution in [1.82, 2.24) is 0 Å². The fraction of sp³-hybridized carbons (Fsp3) is 0.400. The summed E-state index contributed by atoms with van der Waals surface area (Å²) in [6, 6.07) is 10.1. The van der Waals surface area contributed by atoms with Crippen LogP contribution in [0.25, 0.3) is 0 Å². The second-order valence-corrected chi connectivity index (χ2v) is 3.96. The molecule has 18 heavy (non-hydrogen) atoms. The third kappa shape index (κ3) is 4.24. The van der Waals surface area contributed by atoms with Crippen molar-refractivity contribution in [2.45, 2.75) is 26.7 Å². The minimum atomic E-state index is -0.327. The molecule has 3 heteroatoms. The standard InChI is InChI=1S/C15H20O3/c1-4-18-14(12(2)15(16)17-3)11-10-13-8-6-5-7-9-13/h5-9H,4,10-11H2,1-3H3/b14-12+. The van der Waals surface area contributed by atoms with Crippen molar-refractivity contribution in [2.75, 3.05) is 13.7 Å². The van der Waals surface area contributed by atoms with Gasteiger partial charge in [0, 0.05) is 6.42 Å². The van der Waals surface area contributed by atoms with E-state index in [2.05, 4.69) is 12.1 Å². The number of rotatable bonds is 6. The Balaban J connectivity index is 2.72. The van der Waals surface area contributed by atoms with Gasteiger partial charge in [-0.3, -0.25) is 0 Å². The molecular formula is C15H20O3.